The summed E-state index contributed by atoms with van der Waals surface area (Å²) in [5.41, 5.74) is 0.238. The Kier molecular flexibility index (Phi) is 7.18. The molecule has 0 aliphatic heterocycles. The first kappa shape index (κ1) is 27.7. The van der Waals surface area contributed by atoms with E-state index in [4.69, 9.17) is 9.47 Å². The van der Waals surface area contributed by atoms with Crippen molar-refractivity contribution in [2.45, 2.75) is 36.2 Å². The molecule has 1 N–H and O–H groups in total. The molecule has 4 aromatic carbocycles. The Bertz CT molecular complexity index is 1910. The number of sulfone groups is 1. The van der Waals surface area contributed by atoms with E-state index >= 15 is 0 Å². The van der Waals surface area contributed by atoms with Crippen LogP contribution in [0.15, 0.2) is 112 Å². The van der Waals surface area contributed by atoms with Crippen molar-refractivity contribution in [3.8, 4) is 17.1 Å². The van der Waals surface area contributed by atoms with Crippen LogP contribution >= 0.6 is 0 Å². The zero-order chi connectivity index (χ0) is 29.4. The highest BCUT2D eigenvalue weighted by atomic mass is 32.2. The first-order valence-electron chi connectivity index (χ1n) is 12.8. The molecule has 9 nitrogen and oxygen atoms in total. The van der Waals surface area contributed by atoms with Crippen LogP contribution in [0.3, 0.4) is 0 Å². The van der Waals surface area contributed by atoms with Gasteiger partial charge in [-0.2, -0.15) is 0 Å². The van der Waals surface area contributed by atoms with Gasteiger partial charge in [0.2, 0.25) is 9.84 Å². The fourth-order valence-electron chi connectivity index (χ4n) is 4.51. The minimum Gasteiger partial charge on any atom is -0.497 e. The normalized spacial score (nSPS) is 11.8. The summed E-state index contributed by atoms with van der Waals surface area (Å²) >= 11 is 0. The Hall–Kier alpha value is -4.83. The standard InChI is InChI=1S/C31H29N3O6S/c1-31(2,3)40-30(36)32-21-18-26-28(27(19-21)41(37,38)25-17-11-16-24(20-25)39-4)29(35)34(23-14-9-6-10-15-23)33(26)22-12-7-5-8-13-22/h5-20H,1-4H3,(H,32,36). The topological polar surface area (TPSA) is 109 Å². The Morgan fingerprint density at radius 2 is 1.41 bits per heavy atom. The van der Waals surface area contributed by atoms with Gasteiger partial charge in [-0.25, -0.2) is 22.6 Å². The molecule has 5 rings (SSSR count). The van der Waals surface area contributed by atoms with Gasteiger partial charge in [0, 0.05) is 5.69 Å². The van der Waals surface area contributed by atoms with E-state index in [1.54, 1.807) is 67.9 Å². The second-order valence-electron chi connectivity index (χ2n) is 10.3. The molecule has 5 aromatic rings. The smallest absolute Gasteiger partial charge is 0.412 e. The summed E-state index contributed by atoms with van der Waals surface area (Å²) in [4.78, 5) is 26.6. The quantitative estimate of drug-likeness (QED) is 0.269. The lowest BCUT2D eigenvalue weighted by atomic mass is 10.2. The maximum absolute atomic E-state index is 14.2. The molecule has 0 radical (unpaired) electrons. The fourth-order valence-corrected chi connectivity index (χ4v) is 6.04. The van der Waals surface area contributed by atoms with Crippen molar-refractivity contribution in [3.05, 3.63) is 107 Å². The van der Waals surface area contributed by atoms with Gasteiger partial charge in [-0.15, -0.1) is 0 Å². The number of carbonyl (C=O) groups is 1. The molecule has 0 saturated carbocycles. The Balaban J connectivity index is 1.88. The molecule has 41 heavy (non-hydrogen) atoms. The highest BCUT2D eigenvalue weighted by Gasteiger charge is 2.29. The fraction of sp³-hybridized carbons (Fsp3) is 0.161. The summed E-state index contributed by atoms with van der Waals surface area (Å²) in [5.74, 6) is 0.342. The molecular weight excluding hydrogens is 542 g/mol. The number of nitrogens with zero attached hydrogens (tertiary/aromatic N) is 2. The van der Waals surface area contributed by atoms with Crippen LogP contribution in [0.25, 0.3) is 22.3 Å². The van der Waals surface area contributed by atoms with E-state index in [2.05, 4.69) is 5.32 Å². The van der Waals surface area contributed by atoms with E-state index in [1.165, 1.54) is 30.0 Å². The van der Waals surface area contributed by atoms with E-state index in [-0.39, 0.29) is 26.4 Å². The number of hydrogen-bond donors (Lipinski definition) is 1. The maximum Gasteiger partial charge on any atom is 0.412 e. The van der Waals surface area contributed by atoms with Crippen molar-refractivity contribution in [3.63, 3.8) is 0 Å². The number of anilines is 1. The van der Waals surface area contributed by atoms with Crippen LogP contribution in [0.5, 0.6) is 5.75 Å². The number of aromatic nitrogens is 2. The second kappa shape index (κ2) is 10.6. The Morgan fingerprint density at radius 1 is 0.805 bits per heavy atom. The van der Waals surface area contributed by atoms with Crippen molar-refractivity contribution in [1.82, 2.24) is 9.36 Å². The number of para-hydroxylation sites is 2. The van der Waals surface area contributed by atoms with Gasteiger partial charge in [0.1, 0.15) is 11.4 Å². The number of hydrogen-bond acceptors (Lipinski definition) is 6. The first-order valence-corrected chi connectivity index (χ1v) is 14.3. The van der Waals surface area contributed by atoms with Crippen LogP contribution < -0.4 is 15.6 Å². The lowest BCUT2D eigenvalue weighted by molar-refractivity contribution is 0.0636. The molecule has 10 heteroatoms. The van der Waals surface area contributed by atoms with Crippen molar-refractivity contribution >= 4 is 32.5 Å². The van der Waals surface area contributed by atoms with Gasteiger partial charge in [-0.3, -0.25) is 10.1 Å². The third-order valence-electron chi connectivity index (χ3n) is 6.20. The number of carbonyl (C=O) groups excluding carboxylic acids is 1. The molecule has 1 aromatic heterocycles. The number of nitrogens with one attached hydrogen (secondary N) is 1. The highest BCUT2D eigenvalue weighted by Crippen LogP contribution is 2.33. The highest BCUT2D eigenvalue weighted by molar-refractivity contribution is 7.91. The number of fused-ring (bicyclic) bond motifs is 1. The SMILES string of the molecule is COc1cccc(S(=O)(=O)c2cc(NC(=O)OC(C)(C)C)cc3c2c(=O)n(-c2ccccc2)n3-c2ccccc2)c1. The Morgan fingerprint density at radius 3 is 2.00 bits per heavy atom. The summed E-state index contributed by atoms with van der Waals surface area (Å²) in [6.45, 7) is 5.17. The molecule has 0 saturated heterocycles. The maximum atomic E-state index is 14.2. The van der Waals surface area contributed by atoms with E-state index in [0.717, 1.165) is 0 Å². The molecule has 0 aliphatic rings. The average molecular weight is 572 g/mol. The number of amides is 1. The molecule has 0 spiro atoms. The van der Waals surface area contributed by atoms with Crippen LogP contribution in [0.1, 0.15) is 20.8 Å². The number of methoxy groups -OCH3 is 1. The summed E-state index contributed by atoms with van der Waals surface area (Å²) in [7, 11) is -2.84. The summed E-state index contributed by atoms with van der Waals surface area (Å²) in [6, 6.07) is 26.9. The van der Waals surface area contributed by atoms with Gasteiger partial charge < -0.3 is 9.47 Å². The zero-order valence-electron chi connectivity index (χ0n) is 23.0. The van der Waals surface area contributed by atoms with E-state index < -0.39 is 27.1 Å². The van der Waals surface area contributed by atoms with Crippen molar-refractivity contribution in [2.24, 2.45) is 0 Å². The molecule has 0 aliphatic carbocycles. The molecular formula is C31H29N3O6S. The van der Waals surface area contributed by atoms with Crippen LogP contribution in [-0.4, -0.2) is 36.6 Å². The second-order valence-corrected chi connectivity index (χ2v) is 12.2. The number of rotatable bonds is 6. The minimum absolute atomic E-state index is 0.0322. The van der Waals surface area contributed by atoms with Crippen molar-refractivity contribution in [1.29, 1.82) is 0 Å². The van der Waals surface area contributed by atoms with Gasteiger partial charge >= 0.3 is 6.09 Å². The van der Waals surface area contributed by atoms with Gasteiger partial charge in [0.05, 0.1) is 39.2 Å². The van der Waals surface area contributed by atoms with Crippen molar-refractivity contribution in [2.75, 3.05) is 12.4 Å². The molecule has 0 atom stereocenters. The molecule has 1 amide bonds. The lowest BCUT2D eigenvalue weighted by Gasteiger charge is -2.20. The predicted molar refractivity (Wildman–Crippen MR) is 157 cm³/mol. The summed E-state index contributed by atoms with van der Waals surface area (Å²) in [6.07, 6.45) is -0.766. The summed E-state index contributed by atoms with van der Waals surface area (Å²) in [5, 5.41) is 2.62. The van der Waals surface area contributed by atoms with Gasteiger partial charge in [-0.1, -0.05) is 42.5 Å². The third-order valence-corrected chi connectivity index (χ3v) is 7.98. The largest absolute Gasteiger partial charge is 0.497 e. The minimum atomic E-state index is -4.28. The van der Waals surface area contributed by atoms with E-state index in [1.807, 2.05) is 36.4 Å². The molecule has 0 fully saturated rings. The zero-order valence-corrected chi connectivity index (χ0v) is 23.8. The van der Waals surface area contributed by atoms with Crippen LogP contribution in [0.4, 0.5) is 10.5 Å². The summed E-state index contributed by atoms with van der Waals surface area (Å²) < 4.78 is 42.1. The van der Waals surface area contributed by atoms with Gasteiger partial charge in [0.25, 0.3) is 5.56 Å². The van der Waals surface area contributed by atoms with E-state index in [0.29, 0.717) is 17.1 Å². The molecule has 210 valence electrons. The third kappa shape index (κ3) is 5.46. The lowest BCUT2D eigenvalue weighted by Crippen LogP contribution is -2.27. The monoisotopic (exact) mass is 571 g/mol. The Labute approximate surface area is 237 Å². The first-order chi connectivity index (χ1) is 19.5. The van der Waals surface area contributed by atoms with Crippen LogP contribution in [0.2, 0.25) is 0 Å². The van der Waals surface area contributed by atoms with Crippen LogP contribution in [-0.2, 0) is 14.6 Å². The van der Waals surface area contributed by atoms with Crippen LogP contribution in [0, 0.1) is 0 Å². The van der Waals surface area contributed by atoms with Gasteiger partial charge in [0.15, 0.2) is 0 Å². The number of ether oxygens (including phenoxy) is 2. The van der Waals surface area contributed by atoms with Gasteiger partial charge in [-0.05, 0) is 75.4 Å². The molecule has 1 heterocycles. The van der Waals surface area contributed by atoms with Crippen molar-refractivity contribution < 1.29 is 22.7 Å². The predicted octanol–water partition coefficient (Wildman–Crippen LogP) is 5.97. The van der Waals surface area contributed by atoms with E-state index in [9.17, 15) is 18.0 Å². The number of benzene rings is 4. The molecule has 0 bridgehead atoms. The average Bonchev–Trinajstić information content (AvgIpc) is 3.24. The molecule has 0 unspecified atom stereocenters.